The molecule has 8 nitrogen and oxygen atoms in total. The highest BCUT2D eigenvalue weighted by atomic mass is 32.1. The molecule has 0 spiro atoms. The standard InChI is InChI=1S/C26H29N5O3S/c1-16(2)22(29-26(33)34-3)24(32)31-12-7-10-21(31)23-27-14-20(28-23)19-15-35-25-18(19)11-13-30(25)17-8-5-4-6-9-17/h4-6,8-9,11,13-16,21-22H,7,10,12H2,1-3H3,(H,27,28)(H,29,33)/t21-,22-/m0/s1. The maximum atomic E-state index is 13.4. The number of methoxy groups -OCH3 is 1. The molecule has 1 aromatic carbocycles. The topological polar surface area (TPSA) is 92.2 Å². The molecule has 182 valence electrons. The van der Waals surface area contributed by atoms with E-state index in [4.69, 9.17) is 4.74 Å². The monoisotopic (exact) mass is 491 g/mol. The van der Waals surface area contributed by atoms with Gasteiger partial charge in [-0.1, -0.05) is 32.0 Å². The quantitative estimate of drug-likeness (QED) is 0.391. The van der Waals surface area contributed by atoms with Crippen LogP contribution in [0.5, 0.6) is 0 Å². The molecule has 4 aromatic rings. The zero-order chi connectivity index (χ0) is 24.5. The highest BCUT2D eigenvalue weighted by molar-refractivity contribution is 7.17. The van der Waals surface area contributed by atoms with Gasteiger partial charge < -0.3 is 24.5 Å². The van der Waals surface area contributed by atoms with Crippen LogP contribution in [0, 0.1) is 5.92 Å². The van der Waals surface area contributed by atoms with Crippen molar-refractivity contribution in [3.63, 3.8) is 0 Å². The van der Waals surface area contributed by atoms with Crippen LogP contribution >= 0.6 is 11.3 Å². The van der Waals surface area contributed by atoms with E-state index >= 15 is 0 Å². The number of likely N-dealkylation sites (tertiary alicyclic amines) is 1. The summed E-state index contributed by atoms with van der Waals surface area (Å²) in [6.45, 7) is 4.46. The number of aromatic nitrogens is 3. The first kappa shape index (κ1) is 23.2. The maximum absolute atomic E-state index is 13.4. The molecule has 9 heteroatoms. The second-order valence-corrected chi connectivity index (χ2v) is 9.98. The number of hydrogen-bond donors (Lipinski definition) is 2. The first-order chi connectivity index (χ1) is 17.0. The van der Waals surface area contributed by atoms with Gasteiger partial charge in [0.2, 0.25) is 5.91 Å². The van der Waals surface area contributed by atoms with E-state index in [9.17, 15) is 9.59 Å². The normalized spacial score (nSPS) is 16.7. The van der Waals surface area contributed by atoms with Gasteiger partial charge in [-0.15, -0.1) is 11.3 Å². The molecule has 1 aliphatic heterocycles. The van der Waals surface area contributed by atoms with E-state index < -0.39 is 12.1 Å². The average Bonchev–Trinajstić information content (AvgIpc) is 3.65. The number of aromatic amines is 1. The van der Waals surface area contributed by atoms with Crippen LogP contribution in [0.25, 0.3) is 27.2 Å². The first-order valence-corrected chi connectivity index (χ1v) is 12.7. The average molecular weight is 492 g/mol. The lowest BCUT2D eigenvalue weighted by molar-refractivity contribution is -0.135. The molecule has 3 aromatic heterocycles. The number of alkyl carbamates (subject to hydrolysis) is 1. The number of imidazole rings is 1. The van der Waals surface area contributed by atoms with Crippen molar-refractivity contribution in [3.05, 3.63) is 60.0 Å². The Labute approximate surface area is 207 Å². The number of amides is 2. The van der Waals surface area contributed by atoms with Crippen LogP contribution < -0.4 is 5.32 Å². The van der Waals surface area contributed by atoms with Gasteiger partial charge in [0.05, 0.1) is 25.0 Å². The number of nitrogens with one attached hydrogen (secondary N) is 2. The number of ether oxygens (including phenoxy) is 1. The largest absolute Gasteiger partial charge is 0.453 e. The molecular formula is C26H29N5O3S. The fourth-order valence-electron chi connectivity index (χ4n) is 4.76. The van der Waals surface area contributed by atoms with Crippen LogP contribution in [0.15, 0.2) is 54.2 Å². The summed E-state index contributed by atoms with van der Waals surface area (Å²) in [6, 6.07) is 11.6. The van der Waals surface area contributed by atoms with Crippen LogP contribution in [0.2, 0.25) is 0 Å². The molecule has 2 atom stereocenters. The SMILES string of the molecule is COC(=O)N[C@H](C(=O)N1CCC[C@H]1c1ncc(-c2csc3c2ccn3-c2ccccc2)[nH]1)C(C)C. The molecule has 2 amide bonds. The van der Waals surface area contributed by atoms with E-state index in [0.717, 1.165) is 41.0 Å². The molecule has 35 heavy (non-hydrogen) atoms. The summed E-state index contributed by atoms with van der Waals surface area (Å²) in [5.41, 5.74) is 3.16. The molecule has 2 N–H and O–H groups in total. The van der Waals surface area contributed by atoms with Crippen molar-refractivity contribution in [2.75, 3.05) is 13.7 Å². The summed E-state index contributed by atoms with van der Waals surface area (Å²) in [6.07, 6.45) is 5.06. The number of fused-ring (bicyclic) bond motifs is 1. The number of hydrogen-bond acceptors (Lipinski definition) is 5. The third-order valence-electron chi connectivity index (χ3n) is 6.58. The lowest BCUT2D eigenvalue weighted by Gasteiger charge is -2.30. The summed E-state index contributed by atoms with van der Waals surface area (Å²) >= 11 is 1.70. The molecule has 0 radical (unpaired) electrons. The maximum Gasteiger partial charge on any atom is 0.407 e. The number of rotatable bonds is 6. The molecule has 0 aliphatic carbocycles. The van der Waals surface area contributed by atoms with Crippen molar-refractivity contribution in [2.24, 2.45) is 5.92 Å². The van der Waals surface area contributed by atoms with Crippen molar-refractivity contribution >= 4 is 33.6 Å². The van der Waals surface area contributed by atoms with Crippen molar-refractivity contribution in [1.82, 2.24) is 24.8 Å². The number of benzene rings is 1. The minimum Gasteiger partial charge on any atom is -0.453 e. The van der Waals surface area contributed by atoms with E-state index in [1.807, 2.05) is 43.1 Å². The molecule has 4 heterocycles. The Morgan fingerprint density at radius 1 is 1.23 bits per heavy atom. The second kappa shape index (κ2) is 9.58. The molecule has 1 fully saturated rings. The first-order valence-electron chi connectivity index (χ1n) is 11.8. The minimum absolute atomic E-state index is 0.0669. The smallest absolute Gasteiger partial charge is 0.407 e. The Kier molecular flexibility index (Phi) is 6.34. The molecule has 0 bridgehead atoms. The van der Waals surface area contributed by atoms with Crippen LogP contribution in [0.3, 0.4) is 0 Å². The molecule has 1 saturated heterocycles. The third-order valence-corrected chi connectivity index (χ3v) is 7.57. The fraction of sp³-hybridized carbons (Fsp3) is 0.346. The van der Waals surface area contributed by atoms with Crippen LogP contribution in [0.1, 0.15) is 38.6 Å². The van der Waals surface area contributed by atoms with Crippen molar-refractivity contribution < 1.29 is 14.3 Å². The lowest BCUT2D eigenvalue weighted by Crippen LogP contribution is -2.51. The highest BCUT2D eigenvalue weighted by Gasteiger charge is 2.37. The zero-order valence-corrected chi connectivity index (χ0v) is 20.8. The van der Waals surface area contributed by atoms with Crippen LogP contribution in [-0.2, 0) is 9.53 Å². The van der Waals surface area contributed by atoms with Gasteiger partial charge >= 0.3 is 6.09 Å². The molecule has 1 aliphatic rings. The summed E-state index contributed by atoms with van der Waals surface area (Å²) in [5.74, 6) is 0.597. The van der Waals surface area contributed by atoms with Crippen molar-refractivity contribution in [1.29, 1.82) is 0 Å². The Morgan fingerprint density at radius 2 is 2.03 bits per heavy atom. The van der Waals surface area contributed by atoms with E-state index in [1.165, 1.54) is 11.9 Å². The summed E-state index contributed by atoms with van der Waals surface area (Å²) in [4.78, 5) is 36.4. The predicted octanol–water partition coefficient (Wildman–Crippen LogP) is 5.13. The predicted molar refractivity (Wildman–Crippen MR) is 137 cm³/mol. The number of carbonyl (C=O) groups is 2. The third kappa shape index (κ3) is 4.32. The molecular weight excluding hydrogens is 462 g/mol. The van der Waals surface area contributed by atoms with Crippen molar-refractivity contribution in [2.45, 2.75) is 38.8 Å². The Balaban J connectivity index is 1.40. The van der Waals surface area contributed by atoms with Gasteiger partial charge in [-0.05, 0) is 37.0 Å². The van der Waals surface area contributed by atoms with E-state index in [0.29, 0.717) is 6.54 Å². The van der Waals surface area contributed by atoms with Gasteiger partial charge in [0.25, 0.3) is 0 Å². The van der Waals surface area contributed by atoms with E-state index in [-0.39, 0.29) is 17.9 Å². The Bertz CT molecular complexity index is 1340. The van der Waals surface area contributed by atoms with E-state index in [1.54, 1.807) is 11.3 Å². The summed E-state index contributed by atoms with van der Waals surface area (Å²) in [5, 5.41) is 6.00. The highest BCUT2D eigenvalue weighted by Crippen LogP contribution is 2.37. The molecule has 0 unspecified atom stereocenters. The van der Waals surface area contributed by atoms with Gasteiger partial charge in [-0.3, -0.25) is 4.79 Å². The fourth-order valence-corrected chi connectivity index (χ4v) is 5.83. The molecule has 5 rings (SSSR count). The van der Waals surface area contributed by atoms with Crippen LogP contribution in [-0.4, -0.2) is 51.1 Å². The van der Waals surface area contributed by atoms with Gasteiger partial charge in [-0.2, -0.15) is 0 Å². The van der Waals surface area contributed by atoms with Gasteiger partial charge in [0.15, 0.2) is 0 Å². The van der Waals surface area contributed by atoms with Gasteiger partial charge in [0.1, 0.15) is 16.7 Å². The van der Waals surface area contributed by atoms with Crippen LogP contribution in [0.4, 0.5) is 4.79 Å². The van der Waals surface area contributed by atoms with E-state index in [2.05, 4.69) is 49.6 Å². The zero-order valence-electron chi connectivity index (χ0n) is 20.0. The minimum atomic E-state index is -0.647. The van der Waals surface area contributed by atoms with Crippen molar-refractivity contribution in [3.8, 4) is 16.9 Å². The number of para-hydroxylation sites is 1. The number of H-pyrrole nitrogens is 1. The molecule has 0 saturated carbocycles. The number of thiophene rings is 1. The number of nitrogens with zero attached hydrogens (tertiary/aromatic N) is 3. The lowest BCUT2D eigenvalue weighted by atomic mass is 10.0. The summed E-state index contributed by atoms with van der Waals surface area (Å²) < 4.78 is 6.92. The van der Waals surface area contributed by atoms with Gasteiger partial charge in [-0.25, -0.2) is 9.78 Å². The number of carbonyl (C=O) groups excluding carboxylic acids is 2. The van der Waals surface area contributed by atoms with Gasteiger partial charge in [0, 0.05) is 34.8 Å². The Hall–Kier alpha value is -3.59. The summed E-state index contributed by atoms with van der Waals surface area (Å²) in [7, 11) is 1.30. The Morgan fingerprint density at radius 3 is 2.77 bits per heavy atom. The second-order valence-electron chi connectivity index (χ2n) is 9.12.